The van der Waals surface area contributed by atoms with E-state index >= 15 is 0 Å². The van der Waals surface area contributed by atoms with Crippen molar-refractivity contribution in [1.29, 1.82) is 0 Å². The molecule has 0 fully saturated rings. The van der Waals surface area contributed by atoms with E-state index in [2.05, 4.69) is 29.1 Å². The molecule has 6 rings (SSSR count). The van der Waals surface area contributed by atoms with Crippen LogP contribution in [0.2, 0.25) is 5.02 Å². The number of rotatable bonds is 5. The highest BCUT2D eigenvalue weighted by atomic mass is 35.5. The Balaban J connectivity index is 1.46. The van der Waals surface area contributed by atoms with Gasteiger partial charge in [0.25, 0.3) is 11.5 Å². The van der Waals surface area contributed by atoms with Crippen molar-refractivity contribution in [1.82, 2.24) is 33.8 Å². The second-order valence-electron chi connectivity index (χ2n) is 11.6. The fourth-order valence-corrected chi connectivity index (χ4v) is 6.05. The van der Waals surface area contributed by atoms with Crippen molar-refractivity contribution in [3.8, 4) is 17.1 Å². The molecule has 0 saturated heterocycles. The lowest BCUT2D eigenvalue weighted by atomic mass is 9.97. The Kier molecular flexibility index (Phi) is 7.35. The van der Waals surface area contributed by atoms with E-state index in [1.54, 1.807) is 33.1 Å². The zero-order valence-corrected chi connectivity index (χ0v) is 25.2. The lowest BCUT2D eigenvalue weighted by Gasteiger charge is -2.35. The molecule has 5 aromatic rings. The van der Waals surface area contributed by atoms with E-state index in [4.69, 9.17) is 11.6 Å². The molecule has 1 amide bonds. The summed E-state index contributed by atoms with van der Waals surface area (Å²) in [6.45, 7) is 5.92. The minimum atomic E-state index is -4.71. The number of aryl methyl sites for hydroxylation is 1. The highest BCUT2D eigenvalue weighted by Crippen LogP contribution is 2.36. The molecule has 228 valence electrons. The molecule has 1 aliphatic rings. The Labute approximate surface area is 255 Å². The van der Waals surface area contributed by atoms with Crippen LogP contribution < -0.4 is 5.56 Å². The van der Waals surface area contributed by atoms with Gasteiger partial charge in [0.15, 0.2) is 5.82 Å². The second-order valence-corrected chi connectivity index (χ2v) is 12.0. The third-order valence-electron chi connectivity index (χ3n) is 7.95. The summed E-state index contributed by atoms with van der Waals surface area (Å²) in [5.74, 6) is 0.370. The molecule has 3 aromatic heterocycles. The predicted molar refractivity (Wildman–Crippen MR) is 159 cm³/mol. The number of fused-ring (bicyclic) bond motifs is 3. The predicted octanol–water partition coefficient (Wildman–Crippen LogP) is 5.74. The molecular formula is C31H29ClF3N7O2. The van der Waals surface area contributed by atoms with E-state index in [1.165, 1.54) is 11.0 Å². The lowest BCUT2D eigenvalue weighted by molar-refractivity contribution is -0.137. The molecule has 44 heavy (non-hydrogen) atoms. The summed E-state index contributed by atoms with van der Waals surface area (Å²) in [6, 6.07) is 10.1. The number of aromatic nitrogens is 6. The van der Waals surface area contributed by atoms with Crippen LogP contribution >= 0.6 is 11.6 Å². The van der Waals surface area contributed by atoms with Gasteiger partial charge in [0.05, 0.1) is 34.7 Å². The number of hydrogen-bond donors (Lipinski definition) is 0. The van der Waals surface area contributed by atoms with Crippen molar-refractivity contribution in [2.75, 3.05) is 0 Å². The number of carbonyl (C=O) groups excluding carboxylic acids is 1. The molecular weight excluding hydrogens is 595 g/mol. The van der Waals surface area contributed by atoms with Crippen LogP contribution in [0.4, 0.5) is 13.2 Å². The van der Waals surface area contributed by atoms with Gasteiger partial charge in [-0.2, -0.15) is 18.3 Å². The quantitative estimate of drug-likeness (QED) is 0.249. The average Bonchev–Trinajstić information content (AvgIpc) is 3.58. The number of carbonyl (C=O) groups is 1. The maximum atomic E-state index is 14.3. The molecule has 0 unspecified atom stereocenters. The van der Waals surface area contributed by atoms with Gasteiger partial charge in [-0.05, 0) is 68.1 Å². The number of halogens is 4. The molecule has 0 spiro atoms. The Morgan fingerprint density at radius 1 is 1.14 bits per heavy atom. The maximum Gasteiger partial charge on any atom is 0.417 e. The number of hydrogen-bond acceptors (Lipinski definition) is 5. The number of benzene rings is 2. The third-order valence-corrected chi connectivity index (χ3v) is 8.28. The smallest absolute Gasteiger partial charge is 0.330 e. The van der Waals surface area contributed by atoms with Gasteiger partial charge < -0.3 is 9.47 Å². The number of alkyl halides is 3. The summed E-state index contributed by atoms with van der Waals surface area (Å²) in [5, 5.41) is 12.3. The van der Waals surface area contributed by atoms with E-state index in [-0.39, 0.29) is 30.0 Å². The summed E-state index contributed by atoms with van der Waals surface area (Å²) in [7, 11) is 1.85. The summed E-state index contributed by atoms with van der Waals surface area (Å²) in [4.78, 5) is 29.4. The van der Waals surface area contributed by atoms with Crippen LogP contribution in [0.25, 0.3) is 22.7 Å². The monoisotopic (exact) mass is 623 g/mol. The van der Waals surface area contributed by atoms with Gasteiger partial charge in [-0.1, -0.05) is 25.4 Å². The largest absolute Gasteiger partial charge is 0.417 e. The topological polar surface area (TPSA) is 90.3 Å². The van der Waals surface area contributed by atoms with E-state index < -0.39 is 28.7 Å². The first kappa shape index (κ1) is 29.6. The first-order valence-electron chi connectivity index (χ1n) is 14.1. The fourth-order valence-electron chi connectivity index (χ4n) is 5.83. The lowest BCUT2D eigenvalue weighted by Crippen LogP contribution is -2.46. The van der Waals surface area contributed by atoms with E-state index in [9.17, 15) is 22.8 Å². The highest BCUT2D eigenvalue weighted by Gasteiger charge is 2.36. The van der Waals surface area contributed by atoms with Gasteiger partial charge in [-0.25, -0.2) is 4.52 Å². The molecule has 1 atom stereocenters. The first-order valence-corrected chi connectivity index (χ1v) is 14.5. The zero-order valence-electron chi connectivity index (χ0n) is 24.4. The Hall–Kier alpha value is -4.45. The van der Waals surface area contributed by atoms with Gasteiger partial charge >= 0.3 is 6.18 Å². The van der Waals surface area contributed by atoms with Crippen molar-refractivity contribution in [2.45, 2.75) is 52.4 Å². The molecule has 0 radical (unpaired) electrons. The SMILES string of the molecule is CC(C)Cc1cnn2c3c(c(=O)n(-c4ccc(-c5nncn5C)cc4)c12)C[C@@H](C)N(C(=O)c1ccc(Cl)c(C(F)(F)F)c1)C3. The van der Waals surface area contributed by atoms with Crippen molar-refractivity contribution in [3.05, 3.63) is 98.3 Å². The van der Waals surface area contributed by atoms with Gasteiger partial charge in [0.1, 0.15) is 12.0 Å². The van der Waals surface area contributed by atoms with E-state index in [0.29, 0.717) is 34.8 Å². The van der Waals surface area contributed by atoms with Crippen LogP contribution in [0.1, 0.15) is 53.5 Å². The summed E-state index contributed by atoms with van der Waals surface area (Å²) in [5.41, 5.74) is 2.52. The molecule has 1 aliphatic heterocycles. The van der Waals surface area contributed by atoms with Crippen LogP contribution in [0.5, 0.6) is 0 Å². The first-order chi connectivity index (χ1) is 20.8. The summed E-state index contributed by atoms with van der Waals surface area (Å²) < 4.78 is 45.8. The standard InChI is InChI=1S/C31H29ClF3N7O2/c1-17(2)11-21-14-37-42-26-15-40(29(43)20-7-10-25(32)24(13-20)31(33,34)35)18(3)12-23(26)30(44)41(28(21)42)22-8-5-19(6-9-22)27-38-36-16-39(27)4/h5-10,13-14,16-18H,11-12,15H2,1-4H3/t18-/m1/s1. The molecule has 0 saturated carbocycles. The van der Waals surface area contributed by atoms with Gasteiger partial charge in [0, 0.05) is 35.3 Å². The summed E-state index contributed by atoms with van der Waals surface area (Å²) >= 11 is 5.79. The second kappa shape index (κ2) is 10.9. The minimum Gasteiger partial charge on any atom is -0.330 e. The fraction of sp³-hybridized carbons (Fsp3) is 0.323. The van der Waals surface area contributed by atoms with E-state index in [1.807, 2.05) is 31.3 Å². The van der Waals surface area contributed by atoms with Gasteiger partial charge in [-0.15, -0.1) is 10.2 Å². The molecule has 0 aliphatic carbocycles. The molecule has 0 N–H and O–H groups in total. The van der Waals surface area contributed by atoms with Crippen molar-refractivity contribution in [3.63, 3.8) is 0 Å². The molecule has 9 nitrogen and oxygen atoms in total. The van der Waals surface area contributed by atoms with Crippen molar-refractivity contribution < 1.29 is 18.0 Å². The van der Waals surface area contributed by atoms with Crippen LogP contribution in [0.3, 0.4) is 0 Å². The van der Waals surface area contributed by atoms with Crippen LogP contribution in [-0.2, 0) is 32.6 Å². The molecule has 13 heteroatoms. The third kappa shape index (κ3) is 5.06. The molecule has 4 heterocycles. The number of nitrogens with zero attached hydrogens (tertiary/aromatic N) is 7. The van der Waals surface area contributed by atoms with Crippen molar-refractivity contribution >= 4 is 23.2 Å². The Morgan fingerprint density at radius 3 is 2.50 bits per heavy atom. The minimum absolute atomic E-state index is 0.000212. The molecule has 2 aromatic carbocycles. The zero-order chi connectivity index (χ0) is 31.5. The van der Waals surface area contributed by atoms with E-state index in [0.717, 1.165) is 23.3 Å². The Morgan fingerprint density at radius 2 is 1.86 bits per heavy atom. The molecule has 0 bridgehead atoms. The maximum absolute atomic E-state index is 14.3. The van der Waals surface area contributed by atoms with Crippen LogP contribution in [-0.4, -0.2) is 45.8 Å². The van der Waals surface area contributed by atoms with Crippen LogP contribution in [0.15, 0.2) is 59.8 Å². The summed E-state index contributed by atoms with van der Waals surface area (Å²) in [6.07, 6.45) is -0.505. The van der Waals surface area contributed by atoms with Crippen molar-refractivity contribution in [2.24, 2.45) is 13.0 Å². The highest BCUT2D eigenvalue weighted by molar-refractivity contribution is 6.31. The average molecular weight is 624 g/mol. The normalized spacial score (nSPS) is 15.3. The Bertz CT molecular complexity index is 1960. The van der Waals surface area contributed by atoms with Crippen LogP contribution in [0, 0.1) is 5.92 Å². The van der Waals surface area contributed by atoms with Gasteiger partial charge in [-0.3, -0.25) is 14.2 Å². The van der Waals surface area contributed by atoms with Gasteiger partial charge in [0.2, 0.25) is 0 Å². The number of amides is 1.